The summed E-state index contributed by atoms with van der Waals surface area (Å²) in [5, 5.41) is 2.72. The van der Waals surface area contributed by atoms with Gasteiger partial charge in [-0.25, -0.2) is 14.2 Å². The average molecular weight is 486 g/mol. The highest BCUT2D eigenvalue weighted by Gasteiger charge is 2.24. The number of hydrogen-bond acceptors (Lipinski definition) is 7. The summed E-state index contributed by atoms with van der Waals surface area (Å²) in [5.41, 5.74) is 0.656. The monoisotopic (exact) mass is 485 g/mol. The lowest BCUT2D eigenvalue weighted by molar-refractivity contribution is -0.115. The van der Waals surface area contributed by atoms with Gasteiger partial charge in [0.1, 0.15) is 5.82 Å². The number of thioether (sulfide) groups is 1. The molecule has 1 fully saturated rings. The molecule has 1 aliphatic heterocycles. The Bertz CT molecular complexity index is 1290. The third kappa shape index (κ3) is 5.28. The topological polar surface area (TPSA) is 99.5 Å². The van der Waals surface area contributed by atoms with Crippen LogP contribution < -0.4 is 10.9 Å². The molecule has 0 saturated carbocycles. The molecular weight excluding hydrogens is 461 g/mol. The lowest BCUT2D eigenvalue weighted by Gasteiger charge is -2.18. The molecule has 1 saturated heterocycles. The molecule has 1 N–H and O–H groups in total. The molecule has 10 heteroatoms. The van der Waals surface area contributed by atoms with E-state index in [-0.39, 0.29) is 23.1 Å². The minimum Gasteiger partial charge on any atom is -0.465 e. The predicted molar refractivity (Wildman–Crippen MR) is 127 cm³/mol. The minimum absolute atomic E-state index is 0.123. The summed E-state index contributed by atoms with van der Waals surface area (Å²) in [4.78, 5) is 42.7. The summed E-state index contributed by atoms with van der Waals surface area (Å²) in [6.45, 7) is 2.62. The fraction of sp³-hybridized carbons (Fsp3) is 0.333. The van der Waals surface area contributed by atoms with Crippen molar-refractivity contribution < 1.29 is 23.5 Å². The van der Waals surface area contributed by atoms with Crippen molar-refractivity contribution in [2.24, 2.45) is 0 Å². The molecule has 0 radical (unpaired) electrons. The number of ether oxygens (including phenoxy) is 2. The van der Waals surface area contributed by atoms with E-state index in [1.165, 1.54) is 42.0 Å². The molecule has 34 heavy (non-hydrogen) atoms. The zero-order valence-corrected chi connectivity index (χ0v) is 19.6. The zero-order valence-electron chi connectivity index (χ0n) is 18.7. The van der Waals surface area contributed by atoms with Crippen LogP contribution in [0.1, 0.15) is 30.1 Å². The number of nitrogens with zero attached hydrogens (tertiary/aromatic N) is 2. The molecule has 0 aliphatic carbocycles. The number of halogens is 1. The van der Waals surface area contributed by atoms with Crippen LogP contribution in [0, 0.1) is 5.82 Å². The van der Waals surface area contributed by atoms with Crippen molar-refractivity contribution in [1.29, 1.82) is 0 Å². The molecule has 1 aliphatic rings. The second kappa shape index (κ2) is 10.4. The quantitative estimate of drug-likeness (QED) is 0.310. The van der Waals surface area contributed by atoms with Crippen LogP contribution in [0.3, 0.4) is 0 Å². The molecule has 2 atom stereocenters. The molecule has 1 amide bonds. The van der Waals surface area contributed by atoms with Crippen LogP contribution in [0.4, 0.5) is 10.1 Å². The van der Waals surface area contributed by atoms with E-state index >= 15 is 0 Å². The fourth-order valence-corrected chi connectivity index (χ4v) is 4.63. The molecule has 2 unspecified atom stereocenters. The number of esters is 1. The maximum Gasteiger partial charge on any atom is 0.337 e. The molecule has 4 rings (SSSR count). The number of carbonyl (C=O) groups excluding carboxylic acids is 2. The lowest BCUT2D eigenvalue weighted by atomic mass is 10.1. The van der Waals surface area contributed by atoms with E-state index in [4.69, 9.17) is 9.47 Å². The van der Waals surface area contributed by atoms with Gasteiger partial charge in [-0.2, -0.15) is 0 Å². The Kier molecular flexibility index (Phi) is 7.28. The molecule has 8 nitrogen and oxygen atoms in total. The highest BCUT2D eigenvalue weighted by Crippen LogP contribution is 2.26. The SMILES string of the molecule is COC(=O)c1ccc2c(=O)n(CC3CCCO3)c(SC(C)C(=O)Nc3cccc(F)c3)nc2c1. The Balaban J connectivity index is 1.67. The Morgan fingerprint density at radius 3 is 2.85 bits per heavy atom. The maximum atomic E-state index is 13.5. The number of fused-ring (bicyclic) bond motifs is 1. The smallest absolute Gasteiger partial charge is 0.337 e. The van der Waals surface area contributed by atoms with E-state index in [0.29, 0.717) is 34.9 Å². The van der Waals surface area contributed by atoms with Gasteiger partial charge in [-0.1, -0.05) is 17.8 Å². The van der Waals surface area contributed by atoms with E-state index in [1.54, 1.807) is 19.1 Å². The minimum atomic E-state index is -0.646. The Morgan fingerprint density at radius 1 is 1.32 bits per heavy atom. The van der Waals surface area contributed by atoms with Crippen molar-refractivity contribution in [2.45, 2.75) is 42.8 Å². The van der Waals surface area contributed by atoms with Gasteiger partial charge in [-0.05, 0) is 56.2 Å². The van der Waals surface area contributed by atoms with Gasteiger partial charge in [0.2, 0.25) is 5.91 Å². The molecule has 0 spiro atoms. The Labute approximate surface area is 199 Å². The summed E-state index contributed by atoms with van der Waals surface area (Å²) in [7, 11) is 1.28. The van der Waals surface area contributed by atoms with Crippen LogP contribution in [0.15, 0.2) is 52.4 Å². The summed E-state index contributed by atoms with van der Waals surface area (Å²) >= 11 is 1.11. The van der Waals surface area contributed by atoms with E-state index < -0.39 is 17.0 Å². The van der Waals surface area contributed by atoms with Gasteiger partial charge < -0.3 is 14.8 Å². The number of carbonyl (C=O) groups is 2. The van der Waals surface area contributed by atoms with Gasteiger partial charge in [0.15, 0.2) is 5.16 Å². The number of anilines is 1. The van der Waals surface area contributed by atoms with Crippen LogP contribution in [0.2, 0.25) is 0 Å². The number of benzene rings is 2. The molecular formula is C24H24FN3O5S. The van der Waals surface area contributed by atoms with Crippen LogP contribution in [0.5, 0.6) is 0 Å². The second-order valence-electron chi connectivity index (χ2n) is 7.93. The number of methoxy groups -OCH3 is 1. The largest absolute Gasteiger partial charge is 0.465 e. The van der Waals surface area contributed by atoms with Crippen molar-refractivity contribution in [1.82, 2.24) is 9.55 Å². The van der Waals surface area contributed by atoms with E-state index in [0.717, 1.165) is 24.6 Å². The van der Waals surface area contributed by atoms with Crippen molar-refractivity contribution >= 4 is 40.2 Å². The summed E-state index contributed by atoms with van der Waals surface area (Å²) in [6, 6.07) is 10.2. The van der Waals surface area contributed by atoms with Crippen LogP contribution in [-0.4, -0.2) is 46.5 Å². The standard InChI is InChI=1S/C24H24FN3O5S/c1-14(21(29)26-17-6-3-5-16(25)12-17)34-24-27-20-11-15(23(31)32-2)8-9-19(20)22(30)28(24)13-18-7-4-10-33-18/h3,5-6,8-9,11-12,14,18H,4,7,10,13H2,1-2H3,(H,26,29). The molecule has 0 bridgehead atoms. The third-order valence-corrected chi connectivity index (χ3v) is 6.59. The molecule has 2 heterocycles. The number of nitrogens with one attached hydrogen (secondary N) is 1. The van der Waals surface area contributed by atoms with Crippen LogP contribution >= 0.6 is 11.8 Å². The summed E-state index contributed by atoms with van der Waals surface area (Å²) in [5.74, 6) is -1.36. The van der Waals surface area contributed by atoms with E-state index in [1.807, 2.05) is 0 Å². The maximum absolute atomic E-state index is 13.5. The Morgan fingerprint density at radius 2 is 2.15 bits per heavy atom. The fourth-order valence-electron chi connectivity index (χ4n) is 3.71. The van der Waals surface area contributed by atoms with Crippen LogP contribution in [-0.2, 0) is 20.8 Å². The number of aromatic nitrogens is 2. The molecule has 178 valence electrons. The highest BCUT2D eigenvalue weighted by atomic mass is 32.2. The molecule has 2 aromatic carbocycles. The first-order chi connectivity index (χ1) is 16.4. The van der Waals surface area contributed by atoms with Crippen molar-refractivity contribution in [3.05, 3.63) is 64.2 Å². The van der Waals surface area contributed by atoms with Gasteiger partial charge in [0.05, 0.1) is 41.5 Å². The van der Waals surface area contributed by atoms with Crippen molar-refractivity contribution in [3.8, 4) is 0 Å². The second-order valence-corrected chi connectivity index (χ2v) is 9.24. The van der Waals surface area contributed by atoms with Gasteiger partial charge in [-0.3, -0.25) is 14.2 Å². The van der Waals surface area contributed by atoms with Gasteiger partial charge in [0.25, 0.3) is 5.56 Å². The van der Waals surface area contributed by atoms with Gasteiger partial charge in [0, 0.05) is 12.3 Å². The normalized spacial score (nSPS) is 16.4. The first-order valence-electron chi connectivity index (χ1n) is 10.8. The van der Waals surface area contributed by atoms with Gasteiger partial charge >= 0.3 is 5.97 Å². The van der Waals surface area contributed by atoms with E-state index in [9.17, 15) is 18.8 Å². The lowest BCUT2D eigenvalue weighted by Crippen LogP contribution is -2.30. The first-order valence-corrected chi connectivity index (χ1v) is 11.7. The molecule has 3 aromatic rings. The third-order valence-electron chi connectivity index (χ3n) is 5.50. The highest BCUT2D eigenvalue weighted by molar-refractivity contribution is 8.00. The summed E-state index contributed by atoms with van der Waals surface area (Å²) < 4.78 is 25.5. The number of amides is 1. The predicted octanol–water partition coefficient (Wildman–Crippen LogP) is 3.62. The van der Waals surface area contributed by atoms with Crippen molar-refractivity contribution in [3.63, 3.8) is 0 Å². The number of rotatable bonds is 7. The zero-order chi connectivity index (χ0) is 24.2. The van der Waals surface area contributed by atoms with E-state index in [2.05, 4.69) is 10.3 Å². The summed E-state index contributed by atoms with van der Waals surface area (Å²) in [6.07, 6.45) is 1.62. The number of hydrogen-bond donors (Lipinski definition) is 1. The first kappa shape index (κ1) is 23.9. The van der Waals surface area contributed by atoms with Crippen molar-refractivity contribution in [2.75, 3.05) is 19.0 Å². The molecule has 1 aromatic heterocycles. The van der Waals surface area contributed by atoms with Crippen LogP contribution in [0.25, 0.3) is 10.9 Å². The Hall–Kier alpha value is -3.24. The average Bonchev–Trinajstić information content (AvgIpc) is 3.34. The van der Waals surface area contributed by atoms with Gasteiger partial charge in [-0.15, -0.1) is 0 Å².